The van der Waals surface area contributed by atoms with Gasteiger partial charge in [-0.25, -0.2) is 0 Å². The molecule has 24 heavy (non-hydrogen) atoms. The van der Waals surface area contributed by atoms with Crippen LogP contribution in [0.4, 0.5) is 0 Å². The molecule has 0 aromatic rings. The maximum atomic E-state index is 12.4. The van der Waals surface area contributed by atoms with Crippen LogP contribution in [-0.2, 0) is 14.4 Å². The second-order valence-electron chi connectivity index (χ2n) is 8.13. The summed E-state index contributed by atoms with van der Waals surface area (Å²) >= 11 is 0. The summed E-state index contributed by atoms with van der Waals surface area (Å²) in [5.41, 5.74) is 0.145. The van der Waals surface area contributed by atoms with E-state index in [0.29, 0.717) is 38.3 Å². The second kappa shape index (κ2) is 7.64. The summed E-state index contributed by atoms with van der Waals surface area (Å²) < 4.78 is 0. The number of hydrogen-bond donors (Lipinski definition) is 0. The molecule has 0 bridgehead atoms. The molecule has 1 atom stereocenters. The number of rotatable bonds is 5. The number of piperazine rings is 1. The first kappa shape index (κ1) is 18.9. The molecule has 136 valence electrons. The SMILES string of the molecule is C[C@H](CC(=O)N1CCN(CCN2C(=O)CCC2=O)CC1)C(C)(C)C. The van der Waals surface area contributed by atoms with E-state index >= 15 is 0 Å². The number of nitrogens with zero attached hydrogens (tertiary/aromatic N) is 3. The van der Waals surface area contributed by atoms with Crippen molar-refractivity contribution < 1.29 is 14.4 Å². The Morgan fingerprint density at radius 3 is 2.04 bits per heavy atom. The molecule has 0 unspecified atom stereocenters. The Kier molecular flexibility index (Phi) is 6.01. The fourth-order valence-electron chi connectivity index (χ4n) is 3.03. The van der Waals surface area contributed by atoms with Crippen molar-refractivity contribution in [3.05, 3.63) is 0 Å². The summed E-state index contributed by atoms with van der Waals surface area (Å²) in [5.74, 6) is 0.493. The van der Waals surface area contributed by atoms with Crippen LogP contribution in [0.3, 0.4) is 0 Å². The Morgan fingerprint density at radius 1 is 1.00 bits per heavy atom. The maximum Gasteiger partial charge on any atom is 0.229 e. The van der Waals surface area contributed by atoms with Crippen LogP contribution in [0.25, 0.3) is 0 Å². The zero-order valence-electron chi connectivity index (χ0n) is 15.5. The van der Waals surface area contributed by atoms with Crippen molar-refractivity contribution in [2.24, 2.45) is 11.3 Å². The van der Waals surface area contributed by atoms with Crippen molar-refractivity contribution in [2.45, 2.75) is 47.0 Å². The maximum absolute atomic E-state index is 12.4. The molecular weight excluding hydrogens is 306 g/mol. The molecule has 2 fully saturated rings. The molecule has 0 radical (unpaired) electrons. The molecule has 0 N–H and O–H groups in total. The van der Waals surface area contributed by atoms with Gasteiger partial charge in [0.25, 0.3) is 0 Å². The first-order chi connectivity index (χ1) is 11.2. The molecule has 3 amide bonds. The summed E-state index contributed by atoms with van der Waals surface area (Å²) in [4.78, 5) is 41.2. The van der Waals surface area contributed by atoms with E-state index in [2.05, 4.69) is 32.6 Å². The molecule has 0 aromatic heterocycles. The van der Waals surface area contributed by atoms with Crippen LogP contribution in [-0.4, -0.2) is 71.7 Å². The Balaban J connectivity index is 1.72. The van der Waals surface area contributed by atoms with Gasteiger partial charge in [-0.05, 0) is 11.3 Å². The van der Waals surface area contributed by atoms with Crippen LogP contribution in [0, 0.1) is 11.3 Å². The number of imide groups is 1. The third-order valence-corrected chi connectivity index (χ3v) is 5.48. The van der Waals surface area contributed by atoms with Crippen molar-refractivity contribution in [3.63, 3.8) is 0 Å². The summed E-state index contributed by atoms with van der Waals surface area (Å²) in [6, 6.07) is 0. The lowest BCUT2D eigenvalue weighted by molar-refractivity contribution is -0.138. The van der Waals surface area contributed by atoms with Crippen LogP contribution in [0.1, 0.15) is 47.0 Å². The van der Waals surface area contributed by atoms with E-state index in [9.17, 15) is 14.4 Å². The minimum Gasteiger partial charge on any atom is -0.340 e. The van der Waals surface area contributed by atoms with E-state index in [4.69, 9.17) is 0 Å². The summed E-state index contributed by atoms with van der Waals surface area (Å²) in [7, 11) is 0. The molecular formula is C18H31N3O3. The van der Waals surface area contributed by atoms with Gasteiger partial charge in [-0.1, -0.05) is 27.7 Å². The van der Waals surface area contributed by atoms with Gasteiger partial charge in [-0.15, -0.1) is 0 Å². The number of amides is 3. The quantitative estimate of drug-likeness (QED) is 0.711. The topological polar surface area (TPSA) is 60.9 Å². The molecule has 6 heteroatoms. The molecule has 0 saturated carbocycles. The highest BCUT2D eigenvalue weighted by Gasteiger charge is 2.30. The standard InChI is InChI=1S/C18H31N3O3/c1-14(18(2,3)4)13-17(24)20-10-7-19(8-11-20)9-12-21-15(22)5-6-16(21)23/h14H,5-13H2,1-4H3/t14-/m1/s1. The molecule has 2 saturated heterocycles. The highest BCUT2D eigenvalue weighted by molar-refractivity contribution is 6.01. The molecule has 2 aliphatic rings. The van der Waals surface area contributed by atoms with E-state index in [0.717, 1.165) is 26.2 Å². The van der Waals surface area contributed by atoms with E-state index < -0.39 is 0 Å². The molecule has 2 rings (SSSR count). The fraction of sp³-hybridized carbons (Fsp3) is 0.833. The summed E-state index contributed by atoms with van der Waals surface area (Å²) in [6.07, 6.45) is 1.31. The lowest BCUT2D eigenvalue weighted by Crippen LogP contribution is -2.51. The molecule has 2 heterocycles. The van der Waals surface area contributed by atoms with Crippen LogP contribution in [0.5, 0.6) is 0 Å². The first-order valence-electron chi connectivity index (χ1n) is 9.02. The first-order valence-corrected chi connectivity index (χ1v) is 9.02. The lowest BCUT2D eigenvalue weighted by atomic mass is 9.80. The van der Waals surface area contributed by atoms with Gasteiger partial charge in [0.05, 0.1) is 0 Å². The average Bonchev–Trinajstić information content (AvgIpc) is 2.83. The van der Waals surface area contributed by atoms with Gasteiger partial charge in [0.15, 0.2) is 0 Å². The largest absolute Gasteiger partial charge is 0.340 e. The van der Waals surface area contributed by atoms with Gasteiger partial charge in [-0.2, -0.15) is 0 Å². The van der Waals surface area contributed by atoms with Crippen LogP contribution < -0.4 is 0 Å². The second-order valence-corrected chi connectivity index (χ2v) is 8.13. The van der Waals surface area contributed by atoms with Crippen molar-refractivity contribution in [1.82, 2.24) is 14.7 Å². The van der Waals surface area contributed by atoms with Gasteiger partial charge in [0.1, 0.15) is 0 Å². The molecule has 0 aromatic carbocycles. The number of carbonyl (C=O) groups excluding carboxylic acids is 3. The van der Waals surface area contributed by atoms with Crippen LogP contribution in [0.2, 0.25) is 0 Å². The Labute approximate surface area is 145 Å². The number of carbonyl (C=O) groups is 3. The van der Waals surface area contributed by atoms with Crippen molar-refractivity contribution >= 4 is 17.7 Å². The Hall–Kier alpha value is -1.43. The van der Waals surface area contributed by atoms with Gasteiger partial charge in [0, 0.05) is 58.5 Å². The van der Waals surface area contributed by atoms with Crippen molar-refractivity contribution in [1.29, 1.82) is 0 Å². The van der Waals surface area contributed by atoms with Gasteiger partial charge in [-0.3, -0.25) is 24.2 Å². The Morgan fingerprint density at radius 2 is 1.54 bits per heavy atom. The molecule has 6 nitrogen and oxygen atoms in total. The zero-order valence-corrected chi connectivity index (χ0v) is 15.5. The minimum absolute atomic E-state index is 0.0509. The van der Waals surface area contributed by atoms with E-state index in [-0.39, 0.29) is 23.1 Å². The third kappa shape index (κ3) is 4.79. The highest BCUT2D eigenvalue weighted by atomic mass is 16.2. The number of likely N-dealkylation sites (tertiary alicyclic amines) is 1. The van der Waals surface area contributed by atoms with Crippen molar-refractivity contribution in [2.75, 3.05) is 39.3 Å². The van der Waals surface area contributed by atoms with Crippen LogP contribution in [0.15, 0.2) is 0 Å². The Bertz CT molecular complexity index is 474. The van der Waals surface area contributed by atoms with E-state index in [1.165, 1.54) is 4.90 Å². The predicted molar refractivity (Wildman–Crippen MR) is 92.2 cm³/mol. The minimum atomic E-state index is -0.0509. The van der Waals surface area contributed by atoms with Gasteiger partial charge >= 0.3 is 0 Å². The molecule has 0 aliphatic carbocycles. The zero-order chi connectivity index (χ0) is 17.9. The normalized spacial score (nSPS) is 21.5. The summed E-state index contributed by atoms with van der Waals surface area (Å²) in [6.45, 7) is 12.9. The lowest BCUT2D eigenvalue weighted by Gasteiger charge is -2.36. The van der Waals surface area contributed by atoms with Gasteiger partial charge in [0.2, 0.25) is 17.7 Å². The number of hydrogen-bond acceptors (Lipinski definition) is 4. The monoisotopic (exact) mass is 337 g/mol. The summed E-state index contributed by atoms with van der Waals surface area (Å²) in [5, 5.41) is 0. The van der Waals surface area contributed by atoms with Gasteiger partial charge < -0.3 is 4.90 Å². The van der Waals surface area contributed by atoms with E-state index in [1.807, 2.05) is 4.90 Å². The highest BCUT2D eigenvalue weighted by Crippen LogP contribution is 2.28. The van der Waals surface area contributed by atoms with E-state index in [1.54, 1.807) is 0 Å². The fourth-order valence-corrected chi connectivity index (χ4v) is 3.03. The molecule has 0 spiro atoms. The van der Waals surface area contributed by atoms with Crippen molar-refractivity contribution in [3.8, 4) is 0 Å². The van der Waals surface area contributed by atoms with Crippen LogP contribution >= 0.6 is 0 Å². The smallest absolute Gasteiger partial charge is 0.229 e. The average molecular weight is 337 g/mol. The third-order valence-electron chi connectivity index (χ3n) is 5.48. The molecule has 2 aliphatic heterocycles. The predicted octanol–water partition coefficient (Wildman–Crippen LogP) is 1.35.